The molecule has 2 fully saturated rings. The molecule has 0 spiro atoms. The maximum Gasteiger partial charge on any atom is 0.256 e. The van der Waals surface area contributed by atoms with Gasteiger partial charge in [0, 0.05) is 72.4 Å². The van der Waals surface area contributed by atoms with E-state index in [9.17, 15) is 4.79 Å². The van der Waals surface area contributed by atoms with E-state index in [4.69, 9.17) is 16.3 Å². The van der Waals surface area contributed by atoms with Crippen molar-refractivity contribution in [3.05, 3.63) is 64.7 Å². The van der Waals surface area contributed by atoms with E-state index in [1.165, 1.54) is 6.07 Å². The summed E-state index contributed by atoms with van der Waals surface area (Å²) >= 11 is 6.40. The number of amides is 1. The molecule has 5 rings (SSSR count). The second-order valence-electron chi connectivity index (χ2n) is 10.6. The smallest absolute Gasteiger partial charge is 0.256 e. The van der Waals surface area contributed by atoms with Crippen LogP contribution in [-0.4, -0.2) is 79.3 Å². The fourth-order valence-electron chi connectivity index (χ4n) is 5.45. The number of piperazine rings is 1. The summed E-state index contributed by atoms with van der Waals surface area (Å²) in [5.74, 6) is -0.0923. The minimum atomic E-state index is -0.396. The van der Waals surface area contributed by atoms with Crippen LogP contribution in [0, 0.1) is 5.82 Å². The average Bonchev–Trinajstić information content (AvgIpc) is 2.96. The normalized spacial score (nSPS) is 20.1. The molecule has 0 unspecified atom stereocenters. The lowest BCUT2D eigenvalue weighted by Gasteiger charge is -2.44. The van der Waals surface area contributed by atoms with Crippen LogP contribution < -0.4 is 15.1 Å². The molecule has 1 aromatic heterocycles. The zero-order chi connectivity index (χ0) is 28.4. The number of rotatable bonds is 6. The Balaban J connectivity index is 1.52. The number of carbonyl (C=O) groups is 1. The highest BCUT2D eigenvalue weighted by Crippen LogP contribution is 2.36. The molecule has 40 heavy (non-hydrogen) atoms. The van der Waals surface area contributed by atoms with Gasteiger partial charge in [0.15, 0.2) is 0 Å². The molecule has 0 radical (unpaired) electrons. The Morgan fingerprint density at radius 1 is 1.10 bits per heavy atom. The van der Waals surface area contributed by atoms with Crippen LogP contribution >= 0.6 is 11.6 Å². The second-order valence-corrected chi connectivity index (χ2v) is 11.0. The second kappa shape index (κ2) is 12.1. The monoisotopic (exact) mass is 566 g/mol. The number of carbonyl (C=O) groups excluding carboxylic acids is 1. The molecule has 2 atom stereocenters. The molecule has 10 heteroatoms. The Morgan fingerprint density at radius 2 is 1.77 bits per heavy atom. The zero-order valence-electron chi connectivity index (χ0n) is 23.5. The van der Waals surface area contributed by atoms with Gasteiger partial charge >= 0.3 is 0 Å². The Labute approximate surface area is 240 Å². The third-order valence-corrected chi connectivity index (χ3v) is 8.35. The van der Waals surface area contributed by atoms with E-state index >= 15 is 4.39 Å². The van der Waals surface area contributed by atoms with Crippen LogP contribution in [0.5, 0.6) is 0 Å². The topological polar surface area (TPSA) is 73.8 Å². The van der Waals surface area contributed by atoms with Crippen molar-refractivity contribution in [2.24, 2.45) is 0 Å². The molecule has 3 heterocycles. The molecule has 3 aromatic rings. The Morgan fingerprint density at radius 3 is 2.42 bits per heavy atom. The number of halogens is 2. The molecule has 2 saturated heterocycles. The molecule has 2 aliphatic heterocycles. The van der Waals surface area contributed by atoms with Crippen LogP contribution in [0.1, 0.15) is 36.7 Å². The van der Waals surface area contributed by atoms with Crippen LogP contribution in [0.25, 0.3) is 11.1 Å². The van der Waals surface area contributed by atoms with E-state index in [0.717, 1.165) is 5.56 Å². The van der Waals surface area contributed by atoms with E-state index in [2.05, 4.69) is 46.0 Å². The van der Waals surface area contributed by atoms with Gasteiger partial charge in [-0.3, -0.25) is 9.69 Å². The summed E-state index contributed by atoms with van der Waals surface area (Å²) in [4.78, 5) is 29.1. The number of benzene rings is 2. The summed E-state index contributed by atoms with van der Waals surface area (Å²) < 4.78 is 21.2. The third kappa shape index (κ3) is 5.77. The van der Waals surface area contributed by atoms with Crippen LogP contribution in [-0.2, 0) is 11.2 Å². The van der Waals surface area contributed by atoms with Crippen LogP contribution in [0.15, 0.2) is 42.7 Å². The first-order valence-electron chi connectivity index (χ1n) is 13.8. The lowest BCUT2D eigenvalue weighted by Crippen LogP contribution is -2.55. The molecule has 2 aliphatic rings. The molecule has 2 aromatic carbocycles. The van der Waals surface area contributed by atoms with Gasteiger partial charge in [0.25, 0.3) is 5.91 Å². The van der Waals surface area contributed by atoms with Gasteiger partial charge < -0.3 is 19.9 Å². The Bertz CT molecular complexity index is 1350. The summed E-state index contributed by atoms with van der Waals surface area (Å²) in [6.45, 7) is 10.4. The predicted molar refractivity (Wildman–Crippen MR) is 158 cm³/mol. The predicted octanol–water partition coefficient (Wildman–Crippen LogP) is 5.12. The van der Waals surface area contributed by atoms with Crippen molar-refractivity contribution in [3.8, 4) is 11.1 Å². The summed E-state index contributed by atoms with van der Waals surface area (Å²) in [5.41, 5.74) is 3.32. The number of nitrogens with zero attached hydrogens (tertiary/aromatic N) is 5. The highest BCUT2D eigenvalue weighted by molar-refractivity contribution is 6.32. The van der Waals surface area contributed by atoms with Crippen molar-refractivity contribution in [1.82, 2.24) is 14.9 Å². The Hall–Kier alpha value is -3.27. The minimum Gasteiger partial charge on any atom is -0.378 e. The van der Waals surface area contributed by atoms with E-state index < -0.39 is 5.82 Å². The van der Waals surface area contributed by atoms with Crippen LogP contribution in [0.4, 0.5) is 21.7 Å². The number of aromatic nitrogens is 2. The lowest BCUT2D eigenvalue weighted by atomic mass is 10.0. The Kier molecular flexibility index (Phi) is 8.54. The van der Waals surface area contributed by atoms with Gasteiger partial charge in [0.1, 0.15) is 5.82 Å². The van der Waals surface area contributed by atoms with E-state index in [0.29, 0.717) is 84.8 Å². The van der Waals surface area contributed by atoms with Gasteiger partial charge in [-0.15, -0.1) is 0 Å². The first-order chi connectivity index (χ1) is 19.3. The molecular weight excluding hydrogens is 531 g/mol. The molecule has 0 saturated carbocycles. The van der Waals surface area contributed by atoms with E-state index in [-0.39, 0.29) is 18.0 Å². The lowest BCUT2D eigenvalue weighted by molar-refractivity contribution is 0.102. The van der Waals surface area contributed by atoms with E-state index in [1.54, 1.807) is 36.7 Å². The third-order valence-electron chi connectivity index (χ3n) is 7.99. The number of ether oxygens (including phenoxy) is 1. The van der Waals surface area contributed by atoms with Gasteiger partial charge in [0.05, 0.1) is 24.6 Å². The summed E-state index contributed by atoms with van der Waals surface area (Å²) in [6, 6.07) is 9.05. The molecule has 1 amide bonds. The van der Waals surface area contributed by atoms with Crippen molar-refractivity contribution in [1.29, 1.82) is 0 Å². The van der Waals surface area contributed by atoms with Crippen molar-refractivity contribution in [2.75, 3.05) is 61.6 Å². The van der Waals surface area contributed by atoms with Gasteiger partial charge in [-0.05, 0) is 57.1 Å². The van der Waals surface area contributed by atoms with Crippen molar-refractivity contribution in [3.63, 3.8) is 0 Å². The number of morpholine rings is 1. The maximum absolute atomic E-state index is 15.8. The summed E-state index contributed by atoms with van der Waals surface area (Å²) in [5, 5.41) is 3.64. The average molecular weight is 567 g/mol. The quantitative estimate of drug-likeness (QED) is 0.444. The van der Waals surface area contributed by atoms with Crippen molar-refractivity contribution in [2.45, 2.75) is 39.3 Å². The SMILES string of the molecule is CCc1c(Cl)cccc1C(=O)Nc1cc(-c2cnc(N3CCOCC3)nc2)c(F)cc1N1C[C@@H](C)N(C)[C@@H](C)C1. The number of hydrogen-bond acceptors (Lipinski definition) is 7. The first kappa shape index (κ1) is 28.3. The van der Waals surface area contributed by atoms with Crippen molar-refractivity contribution < 1.29 is 13.9 Å². The van der Waals surface area contributed by atoms with Gasteiger partial charge in [0.2, 0.25) is 5.95 Å². The molecule has 1 N–H and O–H groups in total. The molecule has 8 nitrogen and oxygen atoms in total. The fraction of sp³-hybridized carbons (Fsp3) is 0.433. The van der Waals surface area contributed by atoms with Gasteiger partial charge in [-0.25, -0.2) is 14.4 Å². The summed E-state index contributed by atoms with van der Waals surface area (Å²) in [7, 11) is 2.10. The van der Waals surface area contributed by atoms with Gasteiger partial charge in [-0.2, -0.15) is 0 Å². The summed E-state index contributed by atoms with van der Waals surface area (Å²) in [6.07, 6.45) is 3.88. The highest BCUT2D eigenvalue weighted by atomic mass is 35.5. The maximum atomic E-state index is 15.8. The molecular formula is C30H36ClFN6O2. The number of anilines is 3. The van der Waals surface area contributed by atoms with Crippen LogP contribution in [0.3, 0.4) is 0 Å². The first-order valence-corrected chi connectivity index (χ1v) is 14.2. The number of nitrogens with one attached hydrogen (secondary N) is 1. The molecule has 0 aliphatic carbocycles. The zero-order valence-corrected chi connectivity index (χ0v) is 24.2. The fourth-order valence-corrected chi connectivity index (χ4v) is 5.76. The minimum absolute atomic E-state index is 0.260. The van der Waals surface area contributed by atoms with Gasteiger partial charge in [-0.1, -0.05) is 24.6 Å². The standard InChI is InChI=1S/C30H36ClFN6O2/c1-5-22-23(7-6-8-25(22)31)29(39)35-27-13-24(21-15-33-30(34-16-21)37-9-11-40-12-10-37)26(32)14-28(27)38-17-19(2)36(4)20(3)18-38/h6-8,13-16,19-20H,5,9-12,17-18H2,1-4H3,(H,35,39)/t19-,20+. The largest absolute Gasteiger partial charge is 0.378 e. The van der Waals surface area contributed by atoms with E-state index in [1.807, 2.05) is 11.8 Å². The number of likely N-dealkylation sites (N-methyl/N-ethyl adjacent to an activating group) is 1. The van der Waals surface area contributed by atoms with Crippen LogP contribution in [0.2, 0.25) is 5.02 Å². The molecule has 0 bridgehead atoms. The number of hydrogen-bond donors (Lipinski definition) is 1. The van der Waals surface area contributed by atoms with Crippen molar-refractivity contribution >= 4 is 34.8 Å². The highest BCUT2D eigenvalue weighted by Gasteiger charge is 2.29. The molecule has 212 valence electrons.